The molecule has 0 amide bonds. The van der Waals surface area contributed by atoms with Crippen molar-refractivity contribution in [2.24, 2.45) is 0 Å². The Morgan fingerprint density at radius 2 is 2.04 bits per heavy atom. The van der Waals surface area contributed by atoms with E-state index in [9.17, 15) is 4.79 Å². The summed E-state index contributed by atoms with van der Waals surface area (Å²) in [6.45, 7) is 2.69. The van der Waals surface area contributed by atoms with Gasteiger partial charge in [-0.2, -0.15) is 5.26 Å². The summed E-state index contributed by atoms with van der Waals surface area (Å²) in [5.41, 5.74) is 0.332. The Kier molecular flexibility index (Phi) is 5.76. The summed E-state index contributed by atoms with van der Waals surface area (Å²) in [5.74, 6) is -0.633. The van der Waals surface area contributed by atoms with E-state index in [2.05, 4.69) is 6.92 Å². The summed E-state index contributed by atoms with van der Waals surface area (Å²) in [6, 6.07) is 13.1. The number of aliphatic carboxylic acids is 1. The maximum atomic E-state index is 11.1. The van der Waals surface area contributed by atoms with Crippen molar-refractivity contribution in [1.29, 1.82) is 5.26 Å². The van der Waals surface area contributed by atoms with E-state index in [-0.39, 0.29) is 5.57 Å². The van der Waals surface area contributed by atoms with Crippen LogP contribution in [-0.2, 0) is 4.79 Å². The highest BCUT2D eigenvalue weighted by molar-refractivity contribution is 6.01. The van der Waals surface area contributed by atoms with Gasteiger partial charge in [0.25, 0.3) is 0 Å². The largest absolute Gasteiger partial charge is 0.493 e. The summed E-state index contributed by atoms with van der Waals surface area (Å²) in [5, 5.41) is 20.0. The molecule has 0 spiro atoms. The summed E-state index contributed by atoms with van der Waals surface area (Å²) in [6.07, 6.45) is 4.51. The van der Waals surface area contributed by atoms with E-state index in [1.807, 2.05) is 36.4 Å². The molecule has 0 radical (unpaired) electrons. The van der Waals surface area contributed by atoms with E-state index in [1.54, 1.807) is 6.07 Å². The average Bonchev–Trinajstić information content (AvgIpc) is 2.57. The number of fused-ring (bicyclic) bond motifs is 1. The lowest BCUT2D eigenvalue weighted by molar-refractivity contribution is -0.132. The van der Waals surface area contributed by atoms with Crippen LogP contribution in [0.1, 0.15) is 31.7 Å². The second-order valence-corrected chi connectivity index (χ2v) is 5.23. The fourth-order valence-corrected chi connectivity index (χ4v) is 2.37. The minimum absolute atomic E-state index is 0.306. The minimum atomic E-state index is -1.24. The first kappa shape index (κ1) is 16.6. The van der Waals surface area contributed by atoms with Crippen LogP contribution < -0.4 is 4.74 Å². The van der Waals surface area contributed by atoms with Crippen molar-refractivity contribution in [3.63, 3.8) is 0 Å². The summed E-state index contributed by atoms with van der Waals surface area (Å²) in [7, 11) is 0. The Balaban J connectivity index is 2.48. The number of carboxylic acid groups (broad SMARTS) is 1. The molecule has 0 aromatic heterocycles. The smallest absolute Gasteiger partial charge is 0.346 e. The third-order valence-corrected chi connectivity index (χ3v) is 3.58. The van der Waals surface area contributed by atoms with Crippen molar-refractivity contribution in [2.75, 3.05) is 6.61 Å². The molecule has 0 unspecified atom stereocenters. The van der Waals surface area contributed by atoms with Crippen molar-refractivity contribution in [1.82, 2.24) is 0 Å². The number of rotatable bonds is 7. The first-order valence-electron chi connectivity index (χ1n) is 7.67. The van der Waals surface area contributed by atoms with Crippen LogP contribution in [0.3, 0.4) is 0 Å². The van der Waals surface area contributed by atoms with Crippen molar-refractivity contribution in [3.05, 3.63) is 47.5 Å². The molecule has 2 rings (SSSR count). The van der Waals surface area contributed by atoms with E-state index in [0.717, 1.165) is 30.0 Å². The molecule has 0 heterocycles. The normalized spacial score (nSPS) is 11.2. The summed E-state index contributed by atoms with van der Waals surface area (Å²) < 4.78 is 5.83. The van der Waals surface area contributed by atoms with E-state index in [1.165, 1.54) is 6.08 Å². The van der Waals surface area contributed by atoms with Crippen LogP contribution in [0.15, 0.2) is 42.0 Å². The fraction of sp³-hybridized carbons (Fsp3) is 0.263. The number of carbonyl (C=O) groups is 1. The van der Waals surface area contributed by atoms with Gasteiger partial charge < -0.3 is 9.84 Å². The zero-order chi connectivity index (χ0) is 16.7. The molecule has 0 saturated heterocycles. The quantitative estimate of drug-likeness (QED) is 0.467. The fourth-order valence-electron chi connectivity index (χ4n) is 2.37. The molecule has 0 bridgehead atoms. The van der Waals surface area contributed by atoms with Gasteiger partial charge in [0.2, 0.25) is 0 Å². The molecule has 2 aromatic carbocycles. The van der Waals surface area contributed by atoms with Crippen LogP contribution >= 0.6 is 0 Å². The lowest BCUT2D eigenvalue weighted by atomic mass is 10.0. The van der Waals surface area contributed by atoms with Crippen LogP contribution in [0, 0.1) is 11.3 Å². The SMILES string of the molecule is CCCCCOc1ccc2ccccc2c1C=C(C#N)C(=O)O. The highest BCUT2D eigenvalue weighted by Crippen LogP contribution is 2.30. The number of benzene rings is 2. The van der Waals surface area contributed by atoms with Gasteiger partial charge in [0.15, 0.2) is 0 Å². The molecule has 0 saturated carbocycles. The molecule has 0 aliphatic rings. The van der Waals surface area contributed by atoms with Gasteiger partial charge in [-0.1, -0.05) is 50.1 Å². The second kappa shape index (κ2) is 8.00. The zero-order valence-corrected chi connectivity index (χ0v) is 13.1. The average molecular weight is 309 g/mol. The van der Waals surface area contributed by atoms with E-state index >= 15 is 0 Å². The maximum absolute atomic E-state index is 11.1. The van der Waals surface area contributed by atoms with Crippen molar-refractivity contribution in [3.8, 4) is 11.8 Å². The third kappa shape index (κ3) is 4.10. The number of nitrogens with zero attached hydrogens (tertiary/aromatic N) is 1. The Labute approximate surface area is 135 Å². The van der Waals surface area contributed by atoms with Crippen molar-refractivity contribution < 1.29 is 14.6 Å². The molecule has 23 heavy (non-hydrogen) atoms. The highest BCUT2D eigenvalue weighted by Gasteiger charge is 2.12. The Bertz CT molecular complexity index is 772. The molecule has 0 aliphatic carbocycles. The van der Waals surface area contributed by atoms with E-state index < -0.39 is 5.97 Å². The first-order valence-corrected chi connectivity index (χ1v) is 7.67. The number of carboxylic acids is 1. The summed E-state index contributed by atoms with van der Waals surface area (Å²) in [4.78, 5) is 11.1. The van der Waals surface area contributed by atoms with Gasteiger partial charge in [-0.3, -0.25) is 0 Å². The van der Waals surface area contributed by atoms with Gasteiger partial charge in [-0.15, -0.1) is 0 Å². The van der Waals surface area contributed by atoms with E-state index in [4.69, 9.17) is 15.1 Å². The minimum Gasteiger partial charge on any atom is -0.493 e. The molecule has 1 N–H and O–H groups in total. The molecule has 4 heteroatoms. The lowest BCUT2D eigenvalue weighted by Gasteiger charge is -2.12. The number of unbranched alkanes of at least 4 members (excludes halogenated alkanes) is 2. The second-order valence-electron chi connectivity index (χ2n) is 5.23. The Morgan fingerprint density at radius 1 is 1.26 bits per heavy atom. The van der Waals surface area contributed by atoms with Gasteiger partial charge in [0, 0.05) is 5.56 Å². The van der Waals surface area contributed by atoms with E-state index in [0.29, 0.717) is 17.9 Å². The zero-order valence-electron chi connectivity index (χ0n) is 13.1. The van der Waals surface area contributed by atoms with Crippen LogP contribution in [0.5, 0.6) is 5.75 Å². The van der Waals surface area contributed by atoms with Gasteiger partial charge in [-0.25, -0.2) is 4.79 Å². The van der Waals surface area contributed by atoms with Gasteiger partial charge in [0.05, 0.1) is 6.61 Å². The molecule has 2 aromatic rings. The molecule has 0 atom stereocenters. The van der Waals surface area contributed by atoms with Crippen LogP contribution in [0.4, 0.5) is 0 Å². The lowest BCUT2D eigenvalue weighted by Crippen LogP contribution is -2.01. The number of hydrogen-bond donors (Lipinski definition) is 1. The molecule has 118 valence electrons. The van der Waals surface area contributed by atoms with Crippen molar-refractivity contribution in [2.45, 2.75) is 26.2 Å². The number of nitriles is 1. The standard InChI is InChI=1S/C19H19NO3/c1-2-3-6-11-23-18-10-9-14-7-4-5-8-16(14)17(18)12-15(13-20)19(21)22/h4-5,7-10,12H,2-3,6,11H2,1H3,(H,21,22). The maximum Gasteiger partial charge on any atom is 0.346 e. The Morgan fingerprint density at radius 3 is 2.74 bits per heavy atom. The number of ether oxygens (including phenoxy) is 1. The van der Waals surface area contributed by atoms with Crippen molar-refractivity contribution >= 4 is 22.8 Å². The highest BCUT2D eigenvalue weighted by atomic mass is 16.5. The monoisotopic (exact) mass is 309 g/mol. The predicted octanol–water partition coefficient (Wildman–Crippen LogP) is 4.40. The molecular weight excluding hydrogens is 290 g/mol. The van der Waals surface area contributed by atoms with Crippen LogP contribution in [-0.4, -0.2) is 17.7 Å². The van der Waals surface area contributed by atoms with Gasteiger partial charge >= 0.3 is 5.97 Å². The first-order chi connectivity index (χ1) is 11.2. The predicted molar refractivity (Wildman–Crippen MR) is 90.2 cm³/mol. The van der Waals surface area contributed by atoms with Crippen LogP contribution in [0.2, 0.25) is 0 Å². The molecule has 0 fully saturated rings. The summed E-state index contributed by atoms with van der Waals surface area (Å²) >= 11 is 0. The Hall–Kier alpha value is -2.80. The third-order valence-electron chi connectivity index (χ3n) is 3.58. The topological polar surface area (TPSA) is 70.3 Å². The van der Waals surface area contributed by atoms with Gasteiger partial charge in [0.1, 0.15) is 17.4 Å². The van der Waals surface area contributed by atoms with Crippen LogP contribution in [0.25, 0.3) is 16.8 Å². The molecule has 4 nitrogen and oxygen atoms in total. The molecule has 0 aliphatic heterocycles. The molecular formula is C19H19NO3. The van der Waals surface area contributed by atoms with Gasteiger partial charge in [-0.05, 0) is 29.3 Å². The number of hydrogen-bond acceptors (Lipinski definition) is 3.